The molecule has 0 fully saturated rings. The molecule has 0 spiro atoms. The number of rotatable bonds is 14. The maximum Gasteiger partial charge on any atom is 0.344 e. The van der Waals surface area contributed by atoms with E-state index < -0.39 is 30.2 Å². The number of hydrogen-bond acceptors (Lipinski definition) is 11. The minimum Gasteiger partial charge on any atom is -0.490 e. The molecule has 41 heavy (non-hydrogen) atoms. The minimum absolute atomic E-state index is 0.171. The number of hydrogen-bond donors (Lipinski definition) is 4. The lowest BCUT2D eigenvalue weighted by atomic mass is 9.95. The highest BCUT2D eigenvalue weighted by molar-refractivity contribution is 5.95. The predicted octanol–water partition coefficient (Wildman–Crippen LogP) is 2.15. The maximum atomic E-state index is 12.4. The summed E-state index contributed by atoms with van der Waals surface area (Å²) in [6, 6.07) is 10.6. The second-order valence-corrected chi connectivity index (χ2v) is 8.58. The maximum absolute atomic E-state index is 12.4. The van der Waals surface area contributed by atoms with E-state index in [1.807, 2.05) is 0 Å². The summed E-state index contributed by atoms with van der Waals surface area (Å²) in [7, 11) is 1.27. The Bertz CT molecular complexity index is 1300. The number of ether oxygens (including phenoxy) is 5. The molecule has 0 unspecified atom stereocenters. The molecule has 2 aromatic rings. The minimum atomic E-state index is -1.16. The highest BCUT2D eigenvalue weighted by atomic mass is 16.6. The molecule has 3 rings (SSSR count). The molecule has 1 aliphatic rings. The van der Waals surface area contributed by atoms with Crippen LogP contribution in [-0.2, 0) is 19.1 Å². The van der Waals surface area contributed by atoms with Crippen LogP contribution in [0.1, 0.15) is 37.9 Å². The van der Waals surface area contributed by atoms with Crippen molar-refractivity contribution in [1.82, 2.24) is 16.1 Å². The Hall–Kier alpha value is -4.78. The summed E-state index contributed by atoms with van der Waals surface area (Å²) in [6.45, 7) is 5.36. The SMILES string of the molecule is CCOC(=O)COc1cccc(/C=N/N[C@@H](O)COc2ccc([C@H]3NC(=O)NC(C)=C3C(=O)OC)cc2OCC)c1. The number of esters is 2. The highest BCUT2D eigenvalue weighted by Crippen LogP contribution is 2.34. The van der Waals surface area contributed by atoms with Gasteiger partial charge in [-0.05, 0) is 56.2 Å². The van der Waals surface area contributed by atoms with Gasteiger partial charge in [0.25, 0.3) is 0 Å². The van der Waals surface area contributed by atoms with Gasteiger partial charge in [0.05, 0.1) is 38.2 Å². The molecule has 2 atom stereocenters. The number of aliphatic hydroxyl groups is 1. The van der Waals surface area contributed by atoms with Crippen molar-refractivity contribution in [3.63, 3.8) is 0 Å². The van der Waals surface area contributed by atoms with Gasteiger partial charge in [0.2, 0.25) is 0 Å². The number of urea groups is 1. The summed E-state index contributed by atoms with van der Waals surface area (Å²) >= 11 is 0. The van der Waals surface area contributed by atoms with Crippen molar-refractivity contribution in [1.29, 1.82) is 0 Å². The fourth-order valence-corrected chi connectivity index (χ4v) is 3.85. The lowest BCUT2D eigenvalue weighted by Crippen LogP contribution is -2.45. The molecule has 220 valence electrons. The van der Waals surface area contributed by atoms with Crippen LogP contribution in [0.3, 0.4) is 0 Å². The van der Waals surface area contributed by atoms with E-state index in [4.69, 9.17) is 23.7 Å². The molecule has 4 N–H and O–H groups in total. The van der Waals surface area contributed by atoms with Gasteiger partial charge in [-0.25, -0.2) is 14.4 Å². The van der Waals surface area contributed by atoms with Crippen LogP contribution in [0.5, 0.6) is 17.2 Å². The quantitative estimate of drug-likeness (QED) is 0.114. The third kappa shape index (κ3) is 8.86. The van der Waals surface area contributed by atoms with Gasteiger partial charge in [0.1, 0.15) is 12.4 Å². The molecule has 1 heterocycles. The van der Waals surface area contributed by atoms with Gasteiger partial charge < -0.3 is 39.4 Å². The van der Waals surface area contributed by atoms with Crippen LogP contribution in [0.25, 0.3) is 0 Å². The Morgan fingerprint density at radius 2 is 1.90 bits per heavy atom. The van der Waals surface area contributed by atoms with E-state index in [-0.39, 0.29) is 25.4 Å². The average Bonchev–Trinajstić information content (AvgIpc) is 2.95. The number of nitrogens with zero attached hydrogens (tertiary/aromatic N) is 1. The molecule has 13 heteroatoms. The van der Waals surface area contributed by atoms with Crippen molar-refractivity contribution in [2.45, 2.75) is 33.0 Å². The third-order valence-electron chi connectivity index (χ3n) is 5.63. The molecule has 0 radical (unpaired) electrons. The van der Waals surface area contributed by atoms with Crippen LogP contribution in [0.15, 0.2) is 58.8 Å². The van der Waals surface area contributed by atoms with Crippen molar-refractivity contribution in [2.75, 3.05) is 33.5 Å². The first kappa shape index (κ1) is 30.8. The molecule has 0 bridgehead atoms. The van der Waals surface area contributed by atoms with Crippen molar-refractivity contribution in [3.8, 4) is 17.2 Å². The summed E-state index contributed by atoms with van der Waals surface area (Å²) in [5.41, 5.74) is 4.46. The number of carbonyl (C=O) groups excluding carboxylic acids is 3. The van der Waals surface area contributed by atoms with Crippen LogP contribution in [0, 0.1) is 0 Å². The fourth-order valence-electron chi connectivity index (χ4n) is 3.85. The Balaban J connectivity index is 1.62. The number of amides is 2. The third-order valence-corrected chi connectivity index (χ3v) is 5.63. The first-order chi connectivity index (χ1) is 19.7. The molecular weight excluding hydrogens is 536 g/mol. The zero-order chi connectivity index (χ0) is 29.8. The highest BCUT2D eigenvalue weighted by Gasteiger charge is 2.32. The van der Waals surface area contributed by atoms with E-state index in [2.05, 4.69) is 21.2 Å². The van der Waals surface area contributed by atoms with Gasteiger partial charge in [-0.2, -0.15) is 5.10 Å². The van der Waals surface area contributed by atoms with Gasteiger partial charge in [0.15, 0.2) is 24.3 Å². The number of aliphatic hydroxyl groups excluding tert-OH is 1. The Morgan fingerprint density at radius 3 is 2.63 bits per heavy atom. The second-order valence-electron chi connectivity index (χ2n) is 8.58. The van der Waals surface area contributed by atoms with Crippen LogP contribution < -0.4 is 30.3 Å². The molecule has 1 aliphatic heterocycles. The number of nitrogens with one attached hydrogen (secondary N) is 3. The number of benzene rings is 2. The second kappa shape index (κ2) is 15.1. The first-order valence-corrected chi connectivity index (χ1v) is 12.9. The summed E-state index contributed by atoms with van der Waals surface area (Å²) in [5, 5.41) is 19.6. The molecule has 0 aromatic heterocycles. The molecule has 0 aliphatic carbocycles. The zero-order valence-corrected chi connectivity index (χ0v) is 23.3. The Labute approximate surface area is 237 Å². The van der Waals surface area contributed by atoms with Crippen LogP contribution in [0.4, 0.5) is 4.79 Å². The van der Waals surface area contributed by atoms with E-state index in [1.54, 1.807) is 63.2 Å². The van der Waals surface area contributed by atoms with E-state index >= 15 is 0 Å². The zero-order valence-electron chi connectivity index (χ0n) is 23.3. The van der Waals surface area contributed by atoms with Crippen molar-refractivity contribution >= 4 is 24.2 Å². The number of methoxy groups -OCH3 is 1. The van der Waals surface area contributed by atoms with Crippen molar-refractivity contribution in [2.24, 2.45) is 5.10 Å². The van der Waals surface area contributed by atoms with Gasteiger partial charge in [0, 0.05) is 5.70 Å². The van der Waals surface area contributed by atoms with Crippen LogP contribution in [-0.4, -0.2) is 69.1 Å². The monoisotopic (exact) mass is 570 g/mol. The summed E-state index contributed by atoms with van der Waals surface area (Å²) < 4.78 is 26.6. The predicted molar refractivity (Wildman–Crippen MR) is 148 cm³/mol. The fraction of sp³-hybridized carbons (Fsp3) is 0.357. The molecule has 2 amide bonds. The van der Waals surface area contributed by atoms with Gasteiger partial charge in [-0.15, -0.1) is 0 Å². The molecular formula is C28H34N4O9. The smallest absolute Gasteiger partial charge is 0.344 e. The van der Waals surface area contributed by atoms with E-state index in [0.717, 1.165) is 0 Å². The largest absolute Gasteiger partial charge is 0.490 e. The lowest BCUT2D eigenvalue weighted by Gasteiger charge is -2.28. The Morgan fingerprint density at radius 1 is 1.10 bits per heavy atom. The van der Waals surface area contributed by atoms with Gasteiger partial charge >= 0.3 is 18.0 Å². The summed E-state index contributed by atoms with van der Waals surface area (Å²) in [6.07, 6.45) is 0.312. The van der Waals surface area contributed by atoms with Crippen molar-refractivity contribution < 1.29 is 43.2 Å². The Kier molecular flexibility index (Phi) is 11.3. The molecule has 0 saturated carbocycles. The molecule has 13 nitrogen and oxygen atoms in total. The van der Waals surface area contributed by atoms with Gasteiger partial charge in [-0.3, -0.25) is 5.43 Å². The normalized spacial score (nSPS) is 15.4. The number of hydrazone groups is 1. The summed E-state index contributed by atoms with van der Waals surface area (Å²) in [5.74, 6) is 0.118. The van der Waals surface area contributed by atoms with Crippen LogP contribution >= 0.6 is 0 Å². The van der Waals surface area contributed by atoms with E-state index in [0.29, 0.717) is 40.7 Å². The van der Waals surface area contributed by atoms with Gasteiger partial charge in [-0.1, -0.05) is 18.2 Å². The standard InChI is InChI=1S/C28H34N4O9/c1-5-38-22-13-19(26-25(27(35)37-4)17(3)30-28(36)31-26)10-11-21(22)41-15-23(33)32-29-14-18-8-7-9-20(12-18)40-16-24(34)39-6-2/h7-14,23,26,32-33H,5-6,15-16H2,1-4H3,(H2,30,31,36)/b29-14+/t23-,26+/m0/s1. The lowest BCUT2D eigenvalue weighted by molar-refractivity contribution is -0.145. The van der Waals surface area contributed by atoms with Crippen LogP contribution in [0.2, 0.25) is 0 Å². The number of carbonyl (C=O) groups is 3. The van der Waals surface area contributed by atoms with E-state index in [9.17, 15) is 19.5 Å². The molecule has 0 saturated heterocycles. The average molecular weight is 571 g/mol. The number of allylic oxidation sites excluding steroid dienone is 1. The topological polar surface area (TPSA) is 166 Å². The van der Waals surface area contributed by atoms with Crippen molar-refractivity contribution in [3.05, 3.63) is 64.9 Å². The molecule has 2 aromatic carbocycles. The first-order valence-electron chi connectivity index (χ1n) is 12.9. The van der Waals surface area contributed by atoms with E-state index in [1.165, 1.54) is 13.3 Å². The summed E-state index contributed by atoms with van der Waals surface area (Å²) in [4.78, 5) is 36.0.